The SMILES string of the molecule is CCCc1nc2cc(-c3nc4ccccc4n3C)ccc2n1-c1cccc(-c2ccccc2-c2nn[nH]n2)c1C. The summed E-state index contributed by atoms with van der Waals surface area (Å²) in [6.45, 7) is 4.37. The van der Waals surface area contributed by atoms with Crippen molar-refractivity contribution in [1.29, 1.82) is 0 Å². The summed E-state index contributed by atoms with van der Waals surface area (Å²) in [5, 5.41) is 14.8. The van der Waals surface area contributed by atoms with Gasteiger partial charge in [0, 0.05) is 24.6 Å². The Bertz CT molecular complexity index is 2000. The van der Waals surface area contributed by atoms with Crippen LogP contribution >= 0.6 is 0 Å². The first kappa shape index (κ1) is 24.0. The summed E-state index contributed by atoms with van der Waals surface area (Å²) in [5.74, 6) is 2.56. The lowest BCUT2D eigenvalue weighted by Crippen LogP contribution is -2.04. The summed E-state index contributed by atoms with van der Waals surface area (Å²) in [4.78, 5) is 10.1. The predicted octanol–water partition coefficient (Wildman–Crippen LogP) is 6.69. The molecule has 0 bridgehead atoms. The number of hydrogen-bond acceptors (Lipinski definition) is 5. The summed E-state index contributed by atoms with van der Waals surface area (Å²) in [5.41, 5.74) is 10.6. The molecular formula is C32H28N8. The van der Waals surface area contributed by atoms with Crippen LogP contribution in [0.4, 0.5) is 0 Å². The number of hydrogen-bond donors (Lipinski definition) is 1. The number of aromatic amines is 1. The average molecular weight is 525 g/mol. The number of nitrogens with one attached hydrogen (secondary N) is 1. The minimum absolute atomic E-state index is 0.578. The number of aromatic nitrogens is 8. The standard InChI is InChI=1S/C32H28N8/c1-4-10-30-33-26-19-21(32-34-25-14-7-8-15-28(25)39(32)3)17-18-29(26)40(30)27-16-9-13-22(20(27)2)23-11-5-6-12-24(23)31-35-37-38-36-31/h5-9,11-19H,4,10H2,1-3H3,(H,35,36,37,38). The zero-order valence-electron chi connectivity index (χ0n) is 22.6. The van der Waals surface area contributed by atoms with Crippen LogP contribution in [0.1, 0.15) is 24.7 Å². The molecule has 40 heavy (non-hydrogen) atoms. The Morgan fingerprint density at radius 1 is 0.775 bits per heavy atom. The van der Waals surface area contributed by atoms with Crippen LogP contribution in [0.15, 0.2) is 84.9 Å². The van der Waals surface area contributed by atoms with Gasteiger partial charge in [0.2, 0.25) is 5.82 Å². The molecule has 196 valence electrons. The van der Waals surface area contributed by atoms with Crippen LogP contribution in [0.25, 0.3) is 61.7 Å². The second-order valence-corrected chi connectivity index (χ2v) is 10.0. The van der Waals surface area contributed by atoms with Gasteiger partial charge in [-0.15, -0.1) is 10.2 Å². The number of H-pyrrole nitrogens is 1. The van der Waals surface area contributed by atoms with Crippen LogP contribution < -0.4 is 0 Å². The Hall–Kier alpha value is -5.11. The van der Waals surface area contributed by atoms with Gasteiger partial charge in [0.15, 0.2) is 0 Å². The maximum Gasteiger partial charge on any atom is 0.205 e. The Kier molecular flexibility index (Phi) is 5.73. The molecule has 0 saturated carbocycles. The van der Waals surface area contributed by atoms with Crippen LogP contribution in [0.3, 0.4) is 0 Å². The van der Waals surface area contributed by atoms with E-state index in [1.165, 1.54) is 0 Å². The highest BCUT2D eigenvalue weighted by atomic mass is 15.5. The minimum atomic E-state index is 0.578. The van der Waals surface area contributed by atoms with Gasteiger partial charge >= 0.3 is 0 Å². The van der Waals surface area contributed by atoms with Gasteiger partial charge in [-0.05, 0) is 71.6 Å². The van der Waals surface area contributed by atoms with Crippen molar-refractivity contribution >= 4 is 22.1 Å². The third kappa shape index (κ3) is 3.79. The van der Waals surface area contributed by atoms with Gasteiger partial charge in [-0.25, -0.2) is 9.97 Å². The Labute approximate surface area is 231 Å². The number of nitrogens with zero attached hydrogens (tertiary/aromatic N) is 7. The Morgan fingerprint density at radius 3 is 2.38 bits per heavy atom. The van der Waals surface area contributed by atoms with E-state index in [1.54, 1.807) is 0 Å². The number of rotatable bonds is 6. The maximum atomic E-state index is 5.14. The zero-order chi connectivity index (χ0) is 27.2. The van der Waals surface area contributed by atoms with Crippen molar-refractivity contribution in [2.24, 2.45) is 7.05 Å². The van der Waals surface area contributed by atoms with E-state index < -0.39 is 0 Å². The molecule has 0 aliphatic rings. The fraction of sp³-hybridized carbons (Fsp3) is 0.156. The number of para-hydroxylation sites is 2. The smallest absolute Gasteiger partial charge is 0.205 e. The fourth-order valence-electron chi connectivity index (χ4n) is 5.68. The first-order valence-corrected chi connectivity index (χ1v) is 13.5. The second kappa shape index (κ2) is 9.57. The highest BCUT2D eigenvalue weighted by molar-refractivity contribution is 5.88. The molecule has 0 radical (unpaired) electrons. The number of tetrazole rings is 1. The molecule has 0 aliphatic carbocycles. The third-order valence-electron chi connectivity index (χ3n) is 7.59. The molecule has 8 nitrogen and oxygen atoms in total. The highest BCUT2D eigenvalue weighted by Crippen LogP contribution is 2.36. The molecule has 7 rings (SSSR count). The van der Waals surface area contributed by atoms with E-state index >= 15 is 0 Å². The summed E-state index contributed by atoms with van der Waals surface area (Å²) in [6, 6.07) is 29.4. The molecule has 1 N–H and O–H groups in total. The molecule has 0 aliphatic heterocycles. The number of imidazole rings is 2. The number of benzene rings is 4. The number of fused-ring (bicyclic) bond motifs is 2. The van der Waals surface area contributed by atoms with Gasteiger partial charge in [0.05, 0.1) is 27.8 Å². The van der Waals surface area contributed by atoms with Crippen LogP contribution in [0.2, 0.25) is 0 Å². The lowest BCUT2D eigenvalue weighted by Gasteiger charge is -2.17. The van der Waals surface area contributed by atoms with Crippen LogP contribution in [0.5, 0.6) is 0 Å². The first-order valence-electron chi connectivity index (χ1n) is 13.5. The Morgan fingerprint density at radius 2 is 1.57 bits per heavy atom. The molecule has 3 aromatic heterocycles. The van der Waals surface area contributed by atoms with Crippen molar-refractivity contribution in [3.8, 4) is 39.6 Å². The zero-order valence-corrected chi connectivity index (χ0v) is 22.6. The molecule has 7 aromatic rings. The summed E-state index contributed by atoms with van der Waals surface area (Å²) in [6.07, 6.45) is 1.87. The molecule has 0 saturated heterocycles. The highest BCUT2D eigenvalue weighted by Gasteiger charge is 2.19. The minimum Gasteiger partial charge on any atom is -0.327 e. The predicted molar refractivity (Wildman–Crippen MR) is 158 cm³/mol. The quantitative estimate of drug-likeness (QED) is 0.262. The maximum absolute atomic E-state index is 5.14. The monoisotopic (exact) mass is 524 g/mol. The number of aryl methyl sites for hydroxylation is 2. The van der Waals surface area contributed by atoms with Gasteiger partial charge in [-0.3, -0.25) is 4.57 Å². The molecular weight excluding hydrogens is 496 g/mol. The van der Waals surface area contributed by atoms with E-state index in [0.29, 0.717) is 5.82 Å². The molecule has 3 heterocycles. The van der Waals surface area contributed by atoms with Crippen molar-refractivity contribution in [3.05, 3.63) is 96.3 Å². The first-order chi connectivity index (χ1) is 19.6. The molecule has 0 atom stereocenters. The van der Waals surface area contributed by atoms with Crippen LogP contribution in [-0.2, 0) is 13.5 Å². The van der Waals surface area contributed by atoms with Crippen molar-refractivity contribution in [3.63, 3.8) is 0 Å². The Balaban J connectivity index is 1.39. The average Bonchev–Trinajstić information content (AvgIpc) is 3.72. The van der Waals surface area contributed by atoms with Crippen molar-refractivity contribution in [2.45, 2.75) is 26.7 Å². The van der Waals surface area contributed by atoms with Crippen molar-refractivity contribution in [2.75, 3.05) is 0 Å². The van der Waals surface area contributed by atoms with Crippen LogP contribution in [0, 0.1) is 6.92 Å². The second-order valence-electron chi connectivity index (χ2n) is 10.0. The van der Waals surface area contributed by atoms with Crippen molar-refractivity contribution < 1.29 is 0 Å². The molecule has 0 unspecified atom stereocenters. The van der Waals surface area contributed by atoms with Crippen molar-refractivity contribution in [1.82, 2.24) is 39.7 Å². The normalized spacial score (nSPS) is 11.6. The van der Waals surface area contributed by atoms with E-state index in [2.05, 4.69) is 105 Å². The molecule has 0 fully saturated rings. The summed E-state index contributed by atoms with van der Waals surface area (Å²) in [7, 11) is 2.07. The van der Waals surface area contributed by atoms with Gasteiger partial charge in [0.1, 0.15) is 11.6 Å². The van der Waals surface area contributed by atoms with E-state index in [-0.39, 0.29) is 0 Å². The largest absolute Gasteiger partial charge is 0.327 e. The molecule has 0 amide bonds. The van der Waals surface area contributed by atoms with Crippen LogP contribution in [-0.4, -0.2) is 39.7 Å². The van der Waals surface area contributed by atoms with E-state index in [9.17, 15) is 0 Å². The molecule has 0 spiro atoms. The molecule has 4 aromatic carbocycles. The van der Waals surface area contributed by atoms with E-state index in [4.69, 9.17) is 9.97 Å². The van der Waals surface area contributed by atoms with E-state index in [1.807, 2.05) is 30.3 Å². The molecule has 8 heteroatoms. The van der Waals surface area contributed by atoms with Gasteiger partial charge in [-0.1, -0.05) is 55.5 Å². The lowest BCUT2D eigenvalue weighted by atomic mass is 9.94. The lowest BCUT2D eigenvalue weighted by molar-refractivity contribution is 0.816. The summed E-state index contributed by atoms with van der Waals surface area (Å²) >= 11 is 0. The van der Waals surface area contributed by atoms with Gasteiger partial charge in [0.25, 0.3) is 0 Å². The fourth-order valence-corrected chi connectivity index (χ4v) is 5.68. The van der Waals surface area contributed by atoms with E-state index in [0.717, 1.165) is 80.1 Å². The van der Waals surface area contributed by atoms with Gasteiger partial charge < -0.3 is 4.57 Å². The topological polar surface area (TPSA) is 90.1 Å². The third-order valence-corrected chi connectivity index (χ3v) is 7.59. The van der Waals surface area contributed by atoms with Gasteiger partial charge in [-0.2, -0.15) is 5.21 Å². The summed E-state index contributed by atoms with van der Waals surface area (Å²) < 4.78 is 4.46.